The molecular weight excluding hydrogens is 2430 g/mol. The smallest absolute Gasteiger partial charge is 0.512 e. The summed E-state index contributed by atoms with van der Waals surface area (Å²) >= 11 is 0. The summed E-state index contributed by atoms with van der Waals surface area (Å²) in [6.45, 7) is 32.0. The molecule has 0 amide bonds. The summed E-state index contributed by atoms with van der Waals surface area (Å²) < 4.78 is 10.8. The van der Waals surface area contributed by atoms with E-state index in [-0.39, 0.29) is 105 Å². The molecule has 5 aromatic heterocycles. The number of pyridine rings is 3. The molecule has 6 heterocycles. The third-order valence-electron chi connectivity index (χ3n) is 21.8. The van der Waals surface area contributed by atoms with Gasteiger partial charge in [-0.05, 0) is 156 Å². The van der Waals surface area contributed by atoms with Gasteiger partial charge in [0.2, 0.25) is 0 Å². The van der Waals surface area contributed by atoms with Crippen LogP contribution in [-0.4, -0.2) is 53.9 Å². The van der Waals surface area contributed by atoms with Crippen LogP contribution in [0.1, 0.15) is 96.0 Å². The van der Waals surface area contributed by atoms with Crippen molar-refractivity contribution in [2.75, 3.05) is 9.80 Å². The number of hydrogen-bond acceptors (Lipinski definition) is 10. The zero-order valence-electron chi connectivity index (χ0n) is 80.0. The average molecular weight is 2540 g/mol. The molecule has 0 bridgehead atoms. The molecule has 0 spiro atoms. The number of ketones is 2. The first kappa shape index (κ1) is 109. The molecule has 1 aliphatic rings. The molecule has 138 heavy (non-hydrogen) atoms. The monoisotopic (exact) mass is 2540 g/mol. The number of allylic oxidation sites excluding steroid dienone is 4. The third-order valence-corrected chi connectivity index (χ3v) is 23.9. The molecule has 0 saturated carbocycles. The van der Waals surface area contributed by atoms with Crippen molar-refractivity contribution in [3.63, 3.8) is 0 Å². The Morgan fingerprint density at radius 3 is 1.41 bits per heavy atom. The summed E-state index contributed by atoms with van der Waals surface area (Å²) in [5, 5.41) is 25.3. The van der Waals surface area contributed by atoms with Gasteiger partial charge in [-0.15, -0.1) is 166 Å². The van der Waals surface area contributed by atoms with Gasteiger partial charge in [0.1, 0.15) is 0 Å². The predicted molar refractivity (Wildman–Crippen MR) is 558 cm³/mol. The minimum Gasteiger partial charge on any atom is -0.512 e. The van der Waals surface area contributed by atoms with Crippen molar-refractivity contribution < 1.29 is 107 Å². The molecule has 0 atom stereocenters. The number of benzene rings is 14. The van der Waals surface area contributed by atoms with E-state index in [0.717, 1.165) is 101 Å². The topological polar surface area (TPSA) is 139 Å². The van der Waals surface area contributed by atoms with Crippen LogP contribution >= 0.6 is 0 Å². The molecule has 0 unspecified atom stereocenters. The van der Waals surface area contributed by atoms with E-state index in [1.807, 2.05) is 154 Å². The normalized spacial score (nSPS) is 11.2. The molecule has 704 valence electrons. The number of para-hydroxylation sites is 8. The van der Waals surface area contributed by atoms with Crippen LogP contribution in [0.25, 0.3) is 111 Å². The number of aliphatic hydroxyl groups is 2. The van der Waals surface area contributed by atoms with Crippen molar-refractivity contribution in [2.45, 2.75) is 115 Å². The second kappa shape index (κ2) is 52.6. The number of nitrogens with zero attached hydrogens (tertiary/aromatic N) is 7. The van der Waals surface area contributed by atoms with Crippen molar-refractivity contribution in [1.29, 1.82) is 0 Å². The van der Waals surface area contributed by atoms with Crippen LogP contribution < -0.4 is 19.7 Å². The molecule has 14 aromatic carbocycles. The predicted octanol–water partition coefficient (Wildman–Crippen LogP) is 30.5. The van der Waals surface area contributed by atoms with Crippen LogP contribution in [0.2, 0.25) is 19.6 Å². The first-order valence-electron chi connectivity index (χ1n) is 45.1. The Balaban J connectivity index is 0.000000191. The van der Waals surface area contributed by atoms with E-state index in [2.05, 4.69) is 347 Å². The fraction of sp³-hybridized carbons (Fsp3) is 0.140. The number of hydrogen-bond donors (Lipinski definition) is 2. The number of rotatable bonds is 15. The van der Waals surface area contributed by atoms with Gasteiger partial charge in [-0.3, -0.25) is 9.59 Å². The maximum Gasteiger partial charge on any atom is 4.00 e. The molecule has 2 N–H and O–H groups in total. The van der Waals surface area contributed by atoms with Gasteiger partial charge in [0.25, 0.3) is 0 Å². The van der Waals surface area contributed by atoms with Gasteiger partial charge in [0.05, 0.1) is 19.6 Å². The number of anilines is 4. The second-order valence-electron chi connectivity index (χ2n) is 33.3. The summed E-state index contributed by atoms with van der Waals surface area (Å²) in [7, 11) is -1.48. The summed E-state index contributed by atoms with van der Waals surface area (Å²) in [6.07, 6.45) is 9.14. The largest absolute Gasteiger partial charge is 4.00 e. The fourth-order valence-corrected chi connectivity index (χ4v) is 17.5. The van der Waals surface area contributed by atoms with Crippen molar-refractivity contribution in [3.05, 3.63) is 453 Å². The number of aromatic nitrogens is 5. The standard InChI is InChI=1S/C36H20N2O.C22H24N.C20H20NSi.C19H14N2.C12H10N.2C5H8O2.C2H6.2Ir.2Pt/c1-3-11-25(12-4-1)37-33-17-9-7-15-29(33)31-21-19-27(23-35(31)37)39-28-20-22-32-30-16-8-10-18-34(30)38(36(32)24-28)26-13-5-2-6-14-26;1-6-17-12-18(14(2)3)13-21-20(17)7-8-23-22(21)19-10-15(4)9-16(5)11-19;1-22(2,3)20-14-19(17-12-8-5-9-13-17)21-15-18(20)16-10-6-4-7-11-16;1-3-9-16(10-4-1)20-15-21(17-11-5-2-6-12-17)19-14-8-7-13-18(19)20;1-10-6-5-9-13-12(10)11-7-3-2-4-8-11;2*1-4(6)3-5(2)7;1-2;;;;/h1-11,13,15-22H;7-10,12-14H,6H2,1-5H3;4-12,14-15H,1-3H3;1-11,13-15H;2-7,9H,1H3;2*3,6H,1-2H3;1-2H3;;;;/q-4;2*-1;-2;-1;;;;;;+2;+4. The molecule has 12 nitrogen and oxygen atoms in total. The number of carbonyl (C=O) groups is 2. The fourth-order valence-electron chi connectivity index (χ4n) is 15.9. The zero-order valence-corrected chi connectivity index (χ0v) is 90.3. The summed E-state index contributed by atoms with van der Waals surface area (Å²) in [6, 6.07) is 139. The van der Waals surface area contributed by atoms with Gasteiger partial charge in [-0.25, -0.2) is 0 Å². The molecular formula is C121H110Ir2N7O5Pt2Si-3. The van der Waals surface area contributed by atoms with Crippen molar-refractivity contribution in [2.24, 2.45) is 0 Å². The maximum atomic E-state index is 10.0. The van der Waals surface area contributed by atoms with E-state index >= 15 is 0 Å². The Morgan fingerprint density at radius 1 is 0.457 bits per heavy atom. The maximum absolute atomic E-state index is 10.0. The van der Waals surface area contributed by atoms with E-state index in [1.54, 1.807) is 0 Å². The SMILES string of the molecule is CC.CC(=O)C=C(C)O.CC(=O)C=C(C)O.CCc1cc(C(C)C)cc2c(-c3[c-]c(C)cc(C)c3)nccc12.C[Si](C)(C)c1cc(-c2[c-]cccc2)ncc1-c1ccccc1.Cc1cccnc1-c1[c-]cccc1.[Ir].[Ir].[Pt+2].[Pt+4].[c-]1ccccc1-n1c2[c-]c(Oc3[c-]c4c(cc3)c3ccccc3n4-c3[c-]cccc3)ccc2c2ccccc21.[c-]1ccccc1N1[CH-]N(c2ccccc2)c2ccccc21. The van der Waals surface area contributed by atoms with Gasteiger partial charge < -0.3 is 48.8 Å². The Hall–Kier alpha value is -12.9. The molecule has 1 aliphatic heterocycles. The van der Waals surface area contributed by atoms with E-state index in [9.17, 15) is 9.59 Å². The van der Waals surface area contributed by atoms with Crippen LogP contribution in [0.5, 0.6) is 11.5 Å². The van der Waals surface area contributed by atoms with Gasteiger partial charge in [-0.2, -0.15) is 91.0 Å². The van der Waals surface area contributed by atoms with E-state index in [0.29, 0.717) is 17.4 Å². The molecule has 20 rings (SSSR count). The van der Waals surface area contributed by atoms with Crippen LogP contribution in [0.3, 0.4) is 0 Å². The number of fused-ring (bicyclic) bond motifs is 8. The number of ether oxygens (including phenoxy) is 1. The third kappa shape index (κ3) is 28.0. The first-order valence-corrected chi connectivity index (χ1v) is 48.6. The van der Waals surface area contributed by atoms with E-state index in [4.69, 9.17) is 24.9 Å². The Labute approximate surface area is 870 Å². The summed E-state index contributed by atoms with van der Waals surface area (Å²) in [5.74, 6) is 1.65. The van der Waals surface area contributed by atoms with Crippen LogP contribution in [-0.2, 0) is 98.4 Å². The Kier molecular flexibility index (Phi) is 41.4. The van der Waals surface area contributed by atoms with Gasteiger partial charge in [-0.1, -0.05) is 223 Å². The molecule has 2 radical (unpaired) electrons. The minimum atomic E-state index is -1.48. The molecule has 17 heteroatoms. The zero-order chi connectivity index (χ0) is 94.8. The number of aliphatic hydroxyl groups excluding tert-OH is 2. The van der Waals surface area contributed by atoms with Gasteiger partial charge in [0, 0.05) is 111 Å². The summed E-state index contributed by atoms with van der Waals surface area (Å²) in [5.41, 5.74) is 25.8. The number of carbonyl (C=O) groups excluding carboxylic acids is 2. The molecule has 0 saturated heterocycles. The summed E-state index contributed by atoms with van der Waals surface area (Å²) in [4.78, 5) is 38.1. The molecule has 0 aliphatic carbocycles. The quantitative estimate of drug-likeness (QED) is 0.0441. The van der Waals surface area contributed by atoms with Crippen LogP contribution in [0.4, 0.5) is 22.7 Å². The minimum absolute atomic E-state index is 0. The second-order valence-corrected chi connectivity index (χ2v) is 38.4. The molecule has 19 aromatic rings. The molecule has 0 fully saturated rings. The number of aryl methyl sites for hydroxylation is 4. The Bertz CT molecular complexity index is 6970. The first-order chi connectivity index (χ1) is 65.0. The van der Waals surface area contributed by atoms with Crippen molar-refractivity contribution in [3.8, 4) is 67.8 Å². The van der Waals surface area contributed by atoms with Gasteiger partial charge in [0.15, 0.2) is 11.6 Å². The van der Waals surface area contributed by atoms with Crippen molar-refractivity contribution in [1.82, 2.24) is 24.1 Å². The van der Waals surface area contributed by atoms with E-state index in [1.165, 1.54) is 111 Å². The van der Waals surface area contributed by atoms with Gasteiger partial charge >= 0.3 is 42.1 Å². The average Bonchev–Trinajstić information content (AvgIpc) is 1.57. The van der Waals surface area contributed by atoms with Crippen LogP contribution in [0, 0.1) is 76.0 Å². The van der Waals surface area contributed by atoms with E-state index < -0.39 is 8.07 Å². The van der Waals surface area contributed by atoms with Crippen molar-refractivity contribution >= 4 is 102 Å². The van der Waals surface area contributed by atoms with Crippen LogP contribution in [0.15, 0.2) is 370 Å². The Morgan fingerprint density at radius 2 is 0.935 bits per heavy atom.